The third kappa shape index (κ3) is 5.11. The zero-order chi connectivity index (χ0) is 14.5. The number of piperidine rings is 2. The van der Waals surface area contributed by atoms with Crippen LogP contribution in [0.3, 0.4) is 0 Å². The fraction of sp³-hybridized carbons (Fsp3) is 1.00. The maximum atomic E-state index is 2.51. The van der Waals surface area contributed by atoms with Crippen LogP contribution in [0.1, 0.15) is 52.4 Å². The average molecular weight is 276 g/mol. The minimum atomic E-state index is 0.920. The first-order valence-corrected chi connectivity index (χ1v) is 8.91. The highest BCUT2D eigenvalue weighted by molar-refractivity contribution is 6.04. The van der Waals surface area contributed by atoms with Gasteiger partial charge < -0.3 is 9.62 Å². The lowest BCUT2D eigenvalue weighted by molar-refractivity contribution is 0.185. The first-order chi connectivity index (χ1) is 9.54. The molecule has 2 saturated heterocycles. The molecule has 0 aliphatic carbocycles. The Kier molecular flexibility index (Phi) is 6.48. The fourth-order valence-corrected chi connectivity index (χ4v) is 4.11. The monoisotopic (exact) mass is 276 g/mol. The first kappa shape index (κ1) is 16.4. The van der Waals surface area contributed by atoms with Crippen LogP contribution in [0.4, 0.5) is 0 Å². The topological polar surface area (TPSA) is 6.48 Å². The van der Waals surface area contributed by atoms with E-state index >= 15 is 0 Å². The third-order valence-electron chi connectivity index (χ3n) is 6.06. The second-order valence-corrected chi connectivity index (χ2v) is 7.92. The normalized spacial score (nSPS) is 27.5. The Balaban J connectivity index is 1.67. The minimum Gasteiger partial charge on any atom is -0.349 e. The molecule has 0 N–H and O–H groups in total. The van der Waals surface area contributed by atoms with Crippen molar-refractivity contribution in [3.8, 4) is 0 Å². The van der Waals surface area contributed by atoms with Crippen molar-refractivity contribution in [3.63, 3.8) is 0 Å². The van der Waals surface area contributed by atoms with Crippen molar-refractivity contribution in [2.75, 3.05) is 26.2 Å². The predicted octanol–water partition coefficient (Wildman–Crippen LogP) is 1.56. The van der Waals surface area contributed by atoms with Crippen LogP contribution in [0.2, 0.25) is 0 Å². The third-order valence-corrected chi connectivity index (χ3v) is 6.06. The molecule has 4 heteroatoms. The highest BCUT2D eigenvalue weighted by Crippen LogP contribution is 2.32. The number of hydrogen-bond acceptors (Lipinski definition) is 2. The molecule has 0 radical (unpaired) electrons. The number of rotatable bonds is 5. The van der Waals surface area contributed by atoms with Crippen LogP contribution in [0.25, 0.3) is 0 Å². The van der Waals surface area contributed by atoms with Crippen molar-refractivity contribution in [1.82, 2.24) is 9.62 Å². The second-order valence-electron chi connectivity index (χ2n) is 7.92. The molecular weight excluding hydrogens is 242 g/mol. The summed E-state index contributed by atoms with van der Waals surface area (Å²) >= 11 is 0. The van der Waals surface area contributed by atoms with E-state index in [9.17, 15) is 0 Å². The molecule has 2 aliphatic heterocycles. The maximum absolute atomic E-state index is 2.51. The lowest BCUT2D eigenvalue weighted by Crippen LogP contribution is -2.33. The van der Waals surface area contributed by atoms with Crippen LogP contribution in [0, 0.1) is 23.7 Å². The van der Waals surface area contributed by atoms with Gasteiger partial charge in [0.05, 0.1) is 0 Å². The molecule has 2 rings (SSSR count). The average Bonchev–Trinajstić information content (AvgIpc) is 2.44. The van der Waals surface area contributed by atoms with E-state index in [1.54, 1.807) is 0 Å². The van der Waals surface area contributed by atoms with Crippen LogP contribution in [-0.4, -0.2) is 51.8 Å². The molecule has 20 heavy (non-hydrogen) atoms. The smallest absolute Gasteiger partial charge is 0.185 e. The van der Waals surface area contributed by atoms with E-state index in [0.717, 1.165) is 23.7 Å². The van der Waals surface area contributed by atoms with E-state index in [-0.39, 0.29) is 0 Å². The van der Waals surface area contributed by atoms with Crippen molar-refractivity contribution in [1.29, 1.82) is 0 Å². The molecule has 2 unspecified atom stereocenters. The van der Waals surface area contributed by atoms with Crippen LogP contribution in [0.5, 0.6) is 0 Å². The molecule has 0 aromatic rings. The highest BCUT2D eigenvalue weighted by atomic mass is 15.0. The van der Waals surface area contributed by atoms with Crippen LogP contribution in [-0.2, 0) is 0 Å². The summed E-state index contributed by atoms with van der Waals surface area (Å²) in [6.45, 7) is 10.3. The van der Waals surface area contributed by atoms with Gasteiger partial charge in [-0.3, -0.25) is 0 Å². The van der Waals surface area contributed by atoms with Crippen LogP contribution in [0.15, 0.2) is 0 Å². The summed E-state index contributed by atoms with van der Waals surface area (Å²) < 4.78 is 0. The Hall–Kier alpha value is 0.0499. The Morgan fingerprint density at radius 2 is 1.05 bits per heavy atom. The molecule has 114 valence electrons. The predicted molar refractivity (Wildman–Crippen MR) is 93.2 cm³/mol. The lowest BCUT2D eigenvalue weighted by Gasteiger charge is -2.35. The van der Waals surface area contributed by atoms with Gasteiger partial charge in [0, 0.05) is 0 Å². The van der Waals surface area contributed by atoms with Gasteiger partial charge in [-0.05, 0) is 88.4 Å². The molecule has 0 amide bonds. The van der Waals surface area contributed by atoms with Gasteiger partial charge in [-0.1, -0.05) is 13.8 Å². The summed E-state index contributed by atoms with van der Waals surface area (Å²) in [4.78, 5) is 4.98. The van der Waals surface area contributed by atoms with Crippen molar-refractivity contribution in [2.24, 2.45) is 23.7 Å². The molecule has 0 aromatic carbocycles. The number of hydrogen-bond donors (Lipinski definition) is 0. The van der Waals surface area contributed by atoms with E-state index in [0.29, 0.717) is 0 Å². The zero-order valence-electron chi connectivity index (χ0n) is 14.3. The number of nitrogens with zero attached hydrogens (tertiary/aromatic N) is 2. The molecule has 2 heterocycles. The molecule has 2 aliphatic rings. The summed E-state index contributed by atoms with van der Waals surface area (Å²) in [6.07, 6.45) is 8.68. The summed E-state index contributed by atoms with van der Waals surface area (Å²) in [5, 5.41) is 0. The molecular formula is C16H34B2N2. The Morgan fingerprint density at radius 1 is 0.750 bits per heavy atom. The Morgan fingerprint density at radius 3 is 1.35 bits per heavy atom. The van der Waals surface area contributed by atoms with E-state index in [4.69, 9.17) is 0 Å². The van der Waals surface area contributed by atoms with Gasteiger partial charge in [0.1, 0.15) is 0 Å². The molecule has 2 fully saturated rings. The minimum absolute atomic E-state index is 0.920. The van der Waals surface area contributed by atoms with Gasteiger partial charge >= 0.3 is 0 Å². The van der Waals surface area contributed by atoms with Gasteiger partial charge in [-0.15, -0.1) is 0 Å². The Bertz CT molecular complexity index is 244. The zero-order valence-corrected chi connectivity index (χ0v) is 14.3. The Labute approximate surface area is 128 Å². The summed E-state index contributed by atoms with van der Waals surface area (Å²) in [5.74, 6) is 3.84. The largest absolute Gasteiger partial charge is 0.349 e. The molecule has 0 saturated carbocycles. The van der Waals surface area contributed by atoms with Crippen molar-refractivity contribution >= 4 is 16.0 Å². The highest BCUT2D eigenvalue weighted by Gasteiger charge is 2.24. The molecule has 0 aromatic heterocycles. The summed E-state index contributed by atoms with van der Waals surface area (Å²) in [6, 6.07) is 0. The maximum Gasteiger partial charge on any atom is 0.185 e. The van der Waals surface area contributed by atoms with E-state index in [2.05, 4.69) is 39.4 Å². The van der Waals surface area contributed by atoms with Crippen molar-refractivity contribution in [3.05, 3.63) is 0 Å². The summed E-state index contributed by atoms with van der Waals surface area (Å²) in [5.41, 5.74) is 0. The first-order valence-electron chi connectivity index (χ1n) is 8.91. The van der Waals surface area contributed by atoms with Gasteiger partial charge in [-0.25, -0.2) is 0 Å². The van der Waals surface area contributed by atoms with Gasteiger partial charge in [-0.2, -0.15) is 0 Å². The molecule has 0 bridgehead atoms. The van der Waals surface area contributed by atoms with E-state index in [1.165, 1.54) is 64.7 Å². The SMILES string of the molecule is BN1CCC(CC(C)C(C)CC2CCN(B)CC2)CC1. The van der Waals surface area contributed by atoms with Crippen LogP contribution >= 0.6 is 0 Å². The van der Waals surface area contributed by atoms with E-state index < -0.39 is 0 Å². The molecule has 0 spiro atoms. The molecule has 2 nitrogen and oxygen atoms in total. The molecule has 2 atom stereocenters. The lowest BCUT2D eigenvalue weighted by atomic mass is 9.77. The van der Waals surface area contributed by atoms with Crippen LogP contribution < -0.4 is 0 Å². The quantitative estimate of drug-likeness (QED) is 0.703. The van der Waals surface area contributed by atoms with Gasteiger partial charge in [0.25, 0.3) is 0 Å². The summed E-state index contributed by atoms with van der Waals surface area (Å²) in [7, 11) is 4.53. The second kappa shape index (κ2) is 7.89. The van der Waals surface area contributed by atoms with E-state index in [1.807, 2.05) is 0 Å². The van der Waals surface area contributed by atoms with Gasteiger partial charge in [0.15, 0.2) is 16.0 Å². The fourth-order valence-electron chi connectivity index (χ4n) is 4.11. The van der Waals surface area contributed by atoms with Crippen molar-refractivity contribution < 1.29 is 0 Å². The standard InChI is InChI=1S/C16H34B2N2/c1-13(11-15-3-7-19(17)8-4-15)14(2)12-16-5-9-20(18)10-6-16/h13-16H,3-12,17-18H2,1-2H3. The van der Waals surface area contributed by atoms with Crippen molar-refractivity contribution in [2.45, 2.75) is 52.4 Å². The van der Waals surface area contributed by atoms with Gasteiger partial charge in [0.2, 0.25) is 0 Å².